The molecule has 0 aliphatic rings. The molecular formula is C20H19F. The molecule has 1 heteroatoms. The molecule has 0 bridgehead atoms. The van der Waals surface area contributed by atoms with Crippen LogP contribution in [0, 0.1) is 24.6 Å². The lowest BCUT2D eigenvalue weighted by molar-refractivity contribution is 0.623. The lowest BCUT2D eigenvalue weighted by Gasteiger charge is -1.96. The SMILES string of the molecule is CCC/C=C/c1ccc(C#Cc2ccc(C)cc2F)cc1. The fourth-order valence-corrected chi connectivity index (χ4v) is 1.92. The summed E-state index contributed by atoms with van der Waals surface area (Å²) in [5.41, 5.74) is 3.40. The van der Waals surface area contributed by atoms with Crippen LogP contribution in [0.3, 0.4) is 0 Å². The van der Waals surface area contributed by atoms with Crippen molar-refractivity contribution in [3.8, 4) is 11.8 Å². The lowest BCUT2D eigenvalue weighted by atomic mass is 10.1. The summed E-state index contributed by atoms with van der Waals surface area (Å²) in [5.74, 6) is 5.62. The van der Waals surface area contributed by atoms with E-state index >= 15 is 0 Å². The Balaban J connectivity index is 2.12. The number of rotatable bonds is 3. The summed E-state index contributed by atoms with van der Waals surface area (Å²) in [6.45, 7) is 4.03. The summed E-state index contributed by atoms with van der Waals surface area (Å²) in [6.07, 6.45) is 6.53. The monoisotopic (exact) mass is 278 g/mol. The third kappa shape index (κ3) is 4.61. The number of halogens is 1. The number of hydrogen-bond acceptors (Lipinski definition) is 0. The molecule has 0 saturated carbocycles. The maximum atomic E-state index is 13.7. The van der Waals surface area contributed by atoms with Gasteiger partial charge in [-0.05, 0) is 48.7 Å². The van der Waals surface area contributed by atoms with Crippen molar-refractivity contribution in [3.63, 3.8) is 0 Å². The van der Waals surface area contributed by atoms with Gasteiger partial charge in [0.1, 0.15) is 5.82 Å². The van der Waals surface area contributed by atoms with Gasteiger partial charge < -0.3 is 0 Å². The highest BCUT2D eigenvalue weighted by Crippen LogP contribution is 2.10. The lowest BCUT2D eigenvalue weighted by Crippen LogP contribution is -1.84. The Bertz CT molecular complexity index is 682. The van der Waals surface area contributed by atoms with Crippen LogP contribution in [-0.4, -0.2) is 0 Å². The standard InChI is InChI=1S/C20H19F/c1-3-4-5-6-17-8-10-18(11-9-17)12-14-19-13-7-16(2)15-20(19)21/h5-11,13,15H,3-4H2,1-2H3/b6-5+. The molecular weight excluding hydrogens is 259 g/mol. The highest BCUT2D eigenvalue weighted by Gasteiger charge is 1.98. The van der Waals surface area contributed by atoms with Gasteiger partial charge in [0, 0.05) is 5.56 Å². The first-order chi connectivity index (χ1) is 10.2. The summed E-state index contributed by atoms with van der Waals surface area (Å²) >= 11 is 0. The second kappa shape index (κ2) is 7.45. The van der Waals surface area contributed by atoms with E-state index in [4.69, 9.17) is 0 Å². The van der Waals surface area contributed by atoms with Crippen LogP contribution in [0.25, 0.3) is 6.08 Å². The fraction of sp³-hybridized carbons (Fsp3) is 0.200. The van der Waals surface area contributed by atoms with Gasteiger partial charge in [-0.25, -0.2) is 4.39 Å². The summed E-state index contributed by atoms with van der Waals surface area (Å²) < 4.78 is 13.7. The first-order valence-electron chi connectivity index (χ1n) is 7.24. The predicted octanol–water partition coefficient (Wildman–Crippen LogP) is 5.35. The predicted molar refractivity (Wildman–Crippen MR) is 87.5 cm³/mol. The zero-order chi connectivity index (χ0) is 15.1. The Hall–Kier alpha value is -2.33. The molecule has 0 N–H and O–H groups in total. The third-order valence-corrected chi connectivity index (χ3v) is 3.14. The van der Waals surface area contributed by atoms with Crippen LogP contribution in [-0.2, 0) is 0 Å². The van der Waals surface area contributed by atoms with Crippen molar-refractivity contribution in [2.45, 2.75) is 26.7 Å². The Morgan fingerprint density at radius 1 is 1.05 bits per heavy atom. The van der Waals surface area contributed by atoms with Gasteiger partial charge in [-0.15, -0.1) is 0 Å². The highest BCUT2D eigenvalue weighted by molar-refractivity contribution is 5.52. The van der Waals surface area contributed by atoms with Crippen LogP contribution in [0.15, 0.2) is 48.5 Å². The van der Waals surface area contributed by atoms with Crippen molar-refractivity contribution < 1.29 is 4.39 Å². The summed E-state index contributed by atoms with van der Waals surface area (Å²) in [7, 11) is 0. The minimum absolute atomic E-state index is 0.262. The van der Waals surface area contributed by atoms with E-state index < -0.39 is 0 Å². The Morgan fingerprint density at radius 2 is 1.81 bits per heavy atom. The van der Waals surface area contributed by atoms with Crippen LogP contribution >= 0.6 is 0 Å². The molecule has 106 valence electrons. The molecule has 21 heavy (non-hydrogen) atoms. The first-order valence-corrected chi connectivity index (χ1v) is 7.24. The maximum Gasteiger partial charge on any atom is 0.139 e. The zero-order valence-electron chi connectivity index (χ0n) is 12.5. The van der Waals surface area contributed by atoms with Crippen molar-refractivity contribution in [1.29, 1.82) is 0 Å². The van der Waals surface area contributed by atoms with Gasteiger partial charge in [-0.3, -0.25) is 0 Å². The number of hydrogen-bond donors (Lipinski definition) is 0. The van der Waals surface area contributed by atoms with Crippen molar-refractivity contribution in [1.82, 2.24) is 0 Å². The maximum absolute atomic E-state index is 13.7. The van der Waals surface area contributed by atoms with E-state index in [2.05, 4.69) is 30.9 Å². The van der Waals surface area contributed by atoms with Gasteiger partial charge in [0.2, 0.25) is 0 Å². The van der Waals surface area contributed by atoms with Crippen LogP contribution in [0.5, 0.6) is 0 Å². The molecule has 0 fully saturated rings. The molecule has 0 aliphatic heterocycles. The molecule has 0 aromatic heterocycles. The van der Waals surface area contributed by atoms with Gasteiger partial charge in [0.25, 0.3) is 0 Å². The first kappa shape index (κ1) is 15.1. The van der Waals surface area contributed by atoms with E-state index in [0.717, 1.165) is 29.5 Å². The van der Waals surface area contributed by atoms with E-state index in [1.54, 1.807) is 6.07 Å². The molecule has 2 aromatic rings. The quantitative estimate of drug-likeness (QED) is 0.664. The summed E-state index contributed by atoms with van der Waals surface area (Å²) in [6, 6.07) is 13.1. The minimum atomic E-state index is -0.262. The Morgan fingerprint density at radius 3 is 2.48 bits per heavy atom. The summed E-state index contributed by atoms with van der Waals surface area (Å²) in [5, 5.41) is 0. The van der Waals surface area contributed by atoms with Gasteiger partial charge in [0.15, 0.2) is 0 Å². The zero-order valence-corrected chi connectivity index (χ0v) is 12.5. The Labute approximate surface area is 126 Å². The molecule has 0 unspecified atom stereocenters. The fourth-order valence-electron chi connectivity index (χ4n) is 1.92. The van der Waals surface area contributed by atoms with Crippen LogP contribution < -0.4 is 0 Å². The molecule has 2 rings (SSSR count). The smallest absolute Gasteiger partial charge is 0.139 e. The largest absolute Gasteiger partial charge is 0.206 e. The number of unbranched alkanes of at least 4 members (excludes halogenated alkanes) is 1. The van der Waals surface area contributed by atoms with Gasteiger partial charge in [0.05, 0.1) is 5.56 Å². The molecule has 0 atom stereocenters. The van der Waals surface area contributed by atoms with Crippen molar-refractivity contribution >= 4 is 6.08 Å². The third-order valence-electron chi connectivity index (χ3n) is 3.14. The van der Waals surface area contributed by atoms with Crippen molar-refractivity contribution in [3.05, 3.63) is 76.6 Å². The van der Waals surface area contributed by atoms with Crippen molar-refractivity contribution in [2.24, 2.45) is 0 Å². The van der Waals surface area contributed by atoms with E-state index in [-0.39, 0.29) is 5.82 Å². The van der Waals surface area contributed by atoms with E-state index in [1.807, 2.05) is 37.3 Å². The minimum Gasteiger partial charge on any atom is -0.206 e. The van der Waals surface area contributed by atoms with Gasteiger partial charge in [-0.2, -0.15) is 0 Å². The topological polar surface area (TPSA) is 0 Å². The normalized spacial score (nSPS) is 10.4. The number of allylic oxidation sites excluding steroid dienone is 1. The summed E-state index contributed by atoms with van der Waals surface area (Å²) in [4.78, 5) is 0. The van der Waals surface area contributed by atoms with Crippen LogP contribution in [0.2, 0.25) is 0 Å². The molecule has 0 spiro atoms. The second-order valence-electron chi connectivity index (χ2n) is 5.05. The van der Waals surface area contributed by atoms with Crippen molar-refractivity contribution in [2.75, 3.05) is 0 Å². The van der Waals surface area contributed by atoms with Crippen LogP contribution in [0.4, 0.5) is 4.39 Å². The highest BCUT2D eigenvalue weighted by atomic mass is 19.1. The number of aryl methyl sites for hydroxylation is 1. The van der Waals surface area contributed by atoms with E-state index in [0.29, 0.717) is 5.56 Å². The molecule has 0 saturated heterocycles. The van der Waals surface area contributed by atoms with E-state index in [1.165, 1.54) is 6.07 Å². The van der Waals surface area contributed by atoms with Gasteiger partial charge in [-0.1, -0.05) is 55.5 Å². The molecule has 0 aliphatic carbocycles. The Kier molecular flexibility index (Phi) is 5.35. The molecule has 2 aromatic carbocycles. The van der Waals surface area contributed by atoms with E-state index in [9.17, 15) is 4.39 Å². The molecule has 0 radical (unpaired) electrons. The van der Waals surface area contributed by atoms with Gasteiger partial charge >= 0.3 is 0 Å². The molecule has 0 nitrogen and oxygen atoms in total. The number of benzene rings is 2. The average molecular weight is 278 g/mol. The molecule has 0 heterocycles. The second-order valence-corrected chi connectivity index (χ2v) is 5.05. The van der Waals surface area contributed by atoms with Crippen LogP contribution in [0.1, 0.15) is 42.0 Å². The molecule has 0 amide bonds. The average Bonchev–Trinajstić information content (AvgIpc) is 2.48.